The van der Waals surface area contributed by atoms with E-state index in [1.807, 2.05) is 59.8 Å². The minimum absolute atomic E-state index is 0.0213. The number of thiophene rings is 1. The van der Waals surface area contributed by atoms with E-state index in [0.29, 0.717) is 18.7 Å². The van der Waals surface area contributed by atoms with Gasteiger partial charge in [0.15, 0.2) is 0 Å². The number of fused-ring (bicyclic) bond motifs is 2. The molecule has 146 valence electrons. The third kappa shape index (κ3) is 2.97. The summed E-state index contributed by atoms with van der Waals surface area (Å²) in [5, 5.41) is 2.01. The van der Waals surface area contributed by atoms with Crippen LogP contribution >= 0.6 is 11.3 Å². The van der Waals surface area contributed by atoms with E-state index in [-0.39, 0.29) is 17.9 Å². The molecule has 0 fully saturated rings. The number of rotatable bonds is 2. The Morgan fingerprint density at radius 3 is 2.55 bits per heavy atom. The topological polar surface area (TPSA) is 40.6 Å². The Morgan fingerprint density at radius 2 is 1.76 bits per heavy atom. The summed E-state index contributed by atoms with van der Waals surface area (Å²) in [4.78, 5) is 31.7. The van der Waals surface area contributed by atoms with Gasteiger partial charge in [-0.25, -0.2) is 0 Å². The van der Waals surface area contributed by atoms with Gasteiger partial charge in [0.05, 0.1) is 12.0 Å². The lowest BCUT2D eigenvalue weighted by atomic mass is 9.81. The quantitative estimate of drug-likeness (QED) is 0.643. The summed E-state index contributed by atoms with van der Waals surface area (Å²) < 4.78 is 0. The lowest BCUT2D eigenvalue weighted by Gasteiger charge is -2.41. The molecule has 3 heterocycles. The number of hydrogen-bond donors (Lipinski definition) is 0. The Kier molecular flexibility index (Phi) is 4.47. The van der Waals surface area contributed by atoms with Gasteiger partial charge in [0.2, 0.25) is 5.91 Å². The number of amides is 2. The highest BCUT2D eigenvalue weighted by Gasteiger charge is 2.44. The third-order valence-electron chi connectivity index (χ3n) is 6.12. The van der Waals surface area contributed by atoms with Crippen LogP contribution in [0.3, 0.4) is 0 Å². The van der Waals surface area contributed by atoms with Gasteiger partial charge >= 0.3 is 0 Å². The highest BCUT2D eigenvalue weighted by molar-refractivity contribution is 7.10. The molecule has 2 aliphatic heterocycles. The predicted octanol–water partition coefficient (Wildman–Crippen LogP) is 4.24. The number of carbonyl (C=O) groups excluding carboxylic acids is 2. The van der Waals surface area contributed by atoms with E-state index < -0.39 is 5.92 Å². The lowest BCUT2D eigenvalue weighted by Crippen LogP contribution is -2.47. The van der Waals surface area contributed by atoms with Crippen LogP contribution in [-0.4, -0.2) is 35.2 Å². The zero-order chi connectivity index (χ0) is 20.0. The molecule has 0 spiro atoms. The number of likely N-dealkylation sites (N-methyl/N-ethyl adjacent to an activating group) is 1. The first-order valence-electron chi connectivity index (χ1n) is 9.90. The van der Waals surface area contributed by atoms with Gasteiger partial charge in [0.25, 0.3) is 5.91 Å². The average molecular weight is 403 g/mol. The molecule has 2 aliphatic rings. The molecule has 0 saturated heterocycles. The number of benzene rings is 2. The fraction of sp³-hybridized carbons (Fsp3) is 0.250. The molecule has 2 atom stereocenters. The molecule has 29 heavy (non-hydrogen) atoms. The second kappa shape index (κ2) is 7.16. The van der Waals surface area contributed by atoms with E-state index in [9.17, 15) is 9.59 Å². The molecule has 0 bridgehead atoms. The van der Waals surface area contributed by atoms with Crippen LogP contribution < -0.4 is 0 Å². The fourth-order valence-corrected chi connectivity index (χ4v) is 5.54. The average Bonchev–Trinajstić information content (AvgIpc) is 3.29. The normalized spacial score (nSPS) is 20.9. The van der Waals surface area contributed by atoms with E-state index in [1.54, 1.807) is 16.2 Å². The van der Waals surface area contributed by atoms with Gasteiger partial charge in [-0.15, -0.1) is 11.3 Å². The van der Waals surface area contributed by atoms with Crippen LogP contribution in [-0.2, 0) is 17.8 Å². The zero-order valence-electron chi connectivity index (χ0n) is 16.2. The van der Waals surface area contributed by atoms with Crippen LogP contribution in [0.4, 0.5) is 0 Å². The molecule has 2 aromatic carbocycles. The van der Waals surface area contributed by atoms with E-state index in [1.165, 1.54) is 11.1 Å². The first-order chi connectivity index (χ1) is 14.1. The van der Waals surface area contributed by atoms with Crippen molar-refractivity contribution in [3.05, 3.63) is 93.2 Å². The summed E-state index contributed by atoms with van der Waals surface area (Å²) in [6.45, 7) is 1.34. The number of carbonyl (C=O) groups is 2. The molecule has 0 radical (unpaired) electrons. The van der Waals surface area contributed by atoms with E-state index in [0.717, 1.165) is 16.9 Å². The molecule has 5 heteroatoms. The van der Waals surface area contributed by atoms with Gasteiger partial charge in [0.1, 0.15) is 0 Å². The third-order valence-corrected chi connectivity index (χ3v) is 7.07. The fourth-order valence-electron chi connectivity index (χ4n) is 4.64. The minimum Gasteiger partial charge on any atom is -0.337 e. The summed E-state index contributed by atoms with van der Waals surface area (Å²) >= 11 is 1.60. The van der Waals surface area contributed by atoms with E-state index in [4.69, 9.17) is 0 Å². The summed E-state index contributed by atoms with van der Waals surface area (Å²) in [6, 6.07) is 19.7. The van der Waals surface area contributed by atoms with Crippen LogP contribution in [0.15, 0.2) is 66.0 Å². The summed E-state index contributed by atoms with van der Waals surface area (Å²) in [7, 11) is 1.81. The highest BCUT2D eigenvalue weighted by atomic mass is 32.1. The molecule has 5 rings (SSSR count). The molecule has 2 amide bonds. The zero-order valence-corrected chi connectivity index (χ0v) is 17.1. The van der Waals surface area contributed by atoms with Crippen molar-refractivity contribution in [3.8, 4) is 0 Å². The largest absolute Gasteiger partial charge is 0.337 e. The van der Waals surface area contributed by atoms with Crippen LogP contribution in [0.2, 0.25) is 0 Å². The van der Waals surface area contributed by atoms with Gasteiger partial charge in [-0.3, -0.25) is 9.59 Å². The summed E-state index contributed by atoms with van der Waals surface area (Å²) in [6.07, 6.45) is 0.870. The van der Waals surface area contributed by atoms with Crippen molar-refractivity contribution in [2.75, 3.05) is 13.6 Å². The SMILES string of the molecule is CN1C(=O)c2ccccc2[C@@H](C(=O)N2CCc3ccccc3C2)[C@@H]1c1cccs1. The first kappa shape index (κ1) is 18.1. The van der Waals surface area contributed by atoms with Gasteiger partial charge < -0.3 is 9.80 Å². The summed E-state index contributed by atoms with van der Waals surface area (Å²) in [5.41, 5.74) is 4.02. The monoisotopic (exact) mass is 402 g/mol. The molecular weight excluding hydrogens is 380 g/mol. The van der Waals surface area contributed by atoms with Gasteiger partial charge in [-0.2, -0.15) is 0 Å². The maximum Gasteiger partial charge on any atom is 0.254 e. The van der Waals surface area contributed by atoms with Crippen molar-refractivity contribution < 1.29 is 9.59 Å². The van der Waals surface area contributed by atoms with Gasteiger partial charge in [-0.1, -0.05) is 48.5 Å². The second-order valence-electron chi connectivity index (χ2n) is 7.72. The van der Waals surface area contributed by atoms with Crippen LogP contribution in [0.1, 0.15) is 43.9 Å². The smallest absolute Gasteiger partial charge is 0.254 e. The highest BCUT2D eigenvalue weighted by Crippen LogP contribution is 2.44. The van der Waals surface area contributed by atoms with E-state index >= 15 is 0 Å². The van der Waals surface area contributed by atoms with Crippen LogP contribution in [0.25, 0.3) is 0 Å². The molecule has 0 N–H and O–H groups in total. The Balaban J connectivity index is 1.58. The Labute approximate surface area is 174 Å². The molecule has 3 aromatic rings. The minimum atomic E-state index is -0.391. The molecular formula is C24H22N2O2S. The first-order valence-corrected chi connectivity index (χ1v) is 10.8. The van der Waals surface area contributed by atoms with Gasteiger partial charge in [0, 0.05) is 30.6 Å². The van der Waals surface area contributed by atoms with Crippen LogP contribution in [0.5, 0.6) is 0 Å². The van der Waals surface area contributed by atoms with Crippen molar-refractivity contribution in [1.29, 1.82) is 0 Å². The van der Waals surface area contributed by atoms with Crippen molar-refractivity contribution >= 4 is 23.2 Å². The van der Waals surface area contributed by atoms with Crippen molar-refractivity contribution in [2.24, 2.45) is 0 Å². The van der Waals surface area contributed by atoms with Crippen molar-refractivity contribution in [3.63, 3.8) is 0 Å². The number of nitrogens with zero attached hydrogens (tertiary/aromatic N) is 2. The predicted molar refractivity (Wildman–Crippen MR) is 114 cm³/mol. The molecule has 4 nitrogen and oxygen atoms in total. The van der Waals surface area contributed by atoms with Crippen molar-refractivity contribution in [1.82, 2.24) is 9.80 Å². The molecule has 0 saturated carbocycles. The Morgan fingerprint density at radius 1 is 1.00 bits per heavy atom. The maximum absolute atomic E-state index is 13.9. The van der Waals surface area contributed by atoms with Crippen LogP contribution in [0, 0.1) is 0 Å². The number of hydrogen-bond acceptors (Lipinski definition) is 3. The van der Waals surface area contributed by atoms with Gasteiger partial charge in [-0.05, 0) is 40.6 Å². The Hall–Kier alpha value is -2.92. The molecule has 0 unspecified atom stereocenters. The maximum atomic E-state index is 13.9. The molecule has 0 aliphatic carbocycles. The van der Waals surface area contributed by atoms with E-state index in [2.05, 4.69) is 18.2 Å². The summed E-state index contributed by atoms with van der Waals surface area (Å²) in [5.74, 6) is -0.311. The Bertz CT molecular complexity index is 1080. The van der Waals surface area contributed by atoms with Crippen molar-refractivity contribution in [2.45, 2.75) is 24.9 Å². The second-order valence-corrected chi connectivity index (χ2v) is 8.70. The standard InChI is InChI=1S/C24H22N2O2S/c1-25-22(20-11-6-14-29-20)21(18-9-4-5-10-19(18)23(25)27)24(28)26-13-12-16-7-2-3-8-17(16)15-26/h2-11,14,21-22H,12-13,15H2,1H3/t21-,22+/m1/s1. The lowest BCUT2D eigenvalue weighted by molar-refractivity contribution is -0.135. The molecule has 1 aromatic heterocycles.